The molecule has 0 bridgehead atoms. The van der Waals surface area contributed by atoms with Crippen LogP contribution in [0.15, 0.2) is 54.6 Å². The Labute approximate surface area is 169 Å². The minimum atomic E-state index is -1.00. The number of nitro groups is 1. The number of hydrogen-bond donors (Lipinski definition) is 1. The number of alkyl carbamates (subject to hydrolysis) is 1. The van der Waals surface area contributed by atoms with E-state index in [1.807, 2.05) is 30.3 Å². The maximum Gasteiger partial charge on any atom is 0.408 e. The van der Waals surface area contributed by atoms with Crippen molar-refractivity contribution in [3.63, 3.8) is 0 Å². The van der Waals surface area contributed by atoms with E-state index < -0.39 is 28.6 Å². The second-order valence-corrected chi connectivity index (χ2v) is 7.42. The number of benzene rings is 2. The van der Waals surface area contributed by atoms with Crippen molar-refractivity contribution in [3.05, 3.63) is 75.8 Å². The van der Waals surface area contributed by atoms with E-state index in [9.17, 15) is 19.7 Å². The minimum Gasteiger partial charge on any atom is -0.458 e. The standard InChI is InChI=1S/C21H24N2O6/c1-21(2,3)29-19(24)18(13-15-9-11-17(12-10-15)23(26)27)22-20(25)28-14-16-7-5-4-6-8-16/h4-12,18H,13-14H2,1-3H3,(H,22,25)/t18-/m1/s1. The van der Waals surface area contributed by atoms with Gasteiger partial charge in [-0.15, -0.1) is 0 Å². The number of nitro benzene ring substituents is 1. The average Bonchev–Trinajstić information content (AvgIpc) is 2.66. The summed E-state index contributed by atoms with van der Waals surface area (Å²) in [5.74, 6) is -0.618. The van der Waals surface area contributed by atoms with Gasteiger partial charge in [-0.05, 0) is 31.9 Å². The summed E-state index contributed by atoms with van der Waals surface area (Å²) in [7, 11) is 0. The molecule has 29 heavy (non-hydrogen) atoms. The summed E-state index contributed by atoms with van der Waals surface area (Å²) in [5, 5.41) is 13.3. The van der Waals surface area contributed by atoms with E-state index in [0.29, 0.717) is 5.56 Å². The first-order valence-corrected chi connectivity index (χ1v) is 9.07. The van der Waals surface area contributed by atoms with Gasteiger partial charge in [0.2, 0.25) is 0 Å². The lowest BCUT2D eigenvalue weighted by Crippen LogP contribution is -2.45. The van der Waals surface area contributed by atoms with Crippen molar-refractivity contribution in [2.45, 2.75) is 45.4 Å². The highest BCUT2D eigenvalue weighted by molar-refractivity contribution is 5.82. The second-order valence-electron chi connectivity index (χ2n) is 7.42. The van der Waals surface area contributed by atoms with Crippen LogP contribution in [0.2, 0.25) is 0 Å². The first-order valence-electron chi connectivity index (χ1n) is 9.07. The zero-order chi connectivity index (χ0) is 21.4. The monoisotopic (exact) mass is 400 g/mol. The Balaban J connectivity index is 2.06. The molecule has 0 fully saturated rings. The van der Waals surface area contributed by atoms with Crippen LogP contribution in [0.1, 0.15) is 31.9 Å². The molecule has 0 aliphatic rings. The van der Waals surface area contributed by atoms with E-state index >= 15 is 0 Å². The molecule has 0 heterocycles. The SMILES string of the molecule is CC(C)(C)OC(=O)[C@@H](Cc1ccc([N+](=O)[O-])cc1)NC(=O)OCc1ccccc1. The number of amides is 1. The number of carbonyl (C=O) groups is 2. The van der Waals surface area contributed by atoms with E-state index in [1.165, 1.54) is 24.3 Å². The molecular weight excluding hydrogens is 376 g/mol. The number of esters is 1. The minimum absolute atomic E-state index is 0.0576. The average molecular weight is 400 g/mol. The molecule has 0 unspecified atom stereocenters. The Morgan fingerprint density at radius 3 is 2.21 bits per heavy atom. The van der Waals surface area contributed by atoms with Gasteiger partial charge in [-0.25, -0.2) is 9.59 Å². The number of nitrogens with zero attached hydrogens (tertiary/aromatic N) is 1. The molecule has 0 aromatic heterocycles. The number of non-ortho nitro benzene ring substituents is 1. The van der Waals surface area contributed by atoms with Crippen LogP contribution in [0.5, 0.6) is 0 Å². The van der Waals surface area contributed by atoms with Gasteiger partial charge in [-0.3, -0.25) is 10.1 Å². The molecule has 0 saturated heterocycles. The van der Waals surface area contributed by atoms with E-state index in [-0.39, 0.29) is 18.7 Å². The number of carbonyl (C=O) groups excluding carboxylic acids is 2. The van der Waals surface area contributed by atoms with Gasteiger partial charge in [0.15, 0.2) is 0 Å². The lowest BCUT2D eigenvalue weighted by Gasteiger charge is -2.24. The number of hydrogen-bond acceptors (Lipinski definition) is 6. The molecule has 0 saturated carbocycles. The molecule has 2 rings (SSSR count). The summed E-state index contributed by atoms with van der Waals surface area (Å²) in [6.07, 6.45) is -0.653. The van der Waals surface area contributed by atoms with E-state index in [2.05, 4.69) is 5.32 Å². The predicted molar refractivity (Wildman–Crippen MR) is 106 cm³/mol. The quantitative estimate of drug-likeness (QED) is 0.431. The first-order chi connectivity index (χ1) is 13.6. The van der Waals surface area contributed by atoms with Crippen LogP contribution in [0.3, 0.4) is 0 Å². The zero-order valence-corrected chi connectivity index (χ0v) is 16.6. The fourth-order valence-corrected chi connectivity index (χ4v) is 2.46. The third-order valence-electron chi connectivity index (χ3n) is 3.78. The van der Waals surface area contributed by atoms with Crippen molar-refractivity contribution >= 4 is 17.7 Å². The van der Waals surface area contributed by atoms with Crippen LogP contribution in [-0.4, -0.2) is 28.6 Å². The van der Waals surface area contributed by atoms with E-state index in [1.54, 1.807) is 20.8 Å². The molecular formula is C21H24N2O6. The third-order valence-corrected chi connectivity index (χ3v) is 3.78. The first kappa shape index (κ1) is 21.9. The fraction of sp³-hybridized carbons (Fsp3) is 0.333. The summed E-state index contributed by atoms with van der Waals surface area (Å²) >= 11 is 0. The Bertz CT molecular complexity index is 844. The molecule has 1 amide bonds. The van der Waals surface area contributed by atoms with Gasteiger partial charge in [0.1, 0.15) is 18.2 Å². The van der Waals surface area contributed by atoms with Crippen LogP contribution >= 0.6 is 0 Å². The van der Waals surface area contributed by atoms with Crippen molar-refractivity contribution < 1.29 is 24.0 Å². The lowest BCUT2D eigenvalue weighted by molar-refractivity contribution is -0.384. The maximum absolute atomic E-state index is 12.5. The molecule has 0 radical (unpaired) electrons. The Kier molecular flexibility index (Phi) is 7.30. The van der Waals surface area contributed by atoms with Crippen molar-refractivity contribution in [2.75, 3.05) is 0 Å². The molecule has 1 N–H and O–H groups in total. The summed E-state index contributed by atoms with van der Waals surface area (Å²) in [4.78, 5) is 35.0. The largest absolute Gasteiger partial charge is 0.458 e. The summed E-state index contributed by atoms with van der Waals surface area (Å²) < 4.78 is 10.6. The molecule has 0 spiro atoms. The summed E-state index contributed by atoms with van der Waals surface area (Å²) in [6.45, 7) is 5.23. The van der Waals surface area contributed by atoms with Crippen LogP contribution in [0, 0.1) is 10.1 Å². The van der Waals surface area contributed by atoms with Gasteiger partial charge in [0.05, 0.1) is 4.92 Å². The number of nitrogens with one attached hydrogen (secondary N) is 1. The van der Waals surface area contributed by atoms with Gasteiger partial charge in [-0.2, -0.15) is 0 Å². The molecule has 154 valence electrons. The highest BCUT2D eigenvalue weighted by atomic mass is 16.6. The van der Waals surface area contributed by atoms with Crippen LogP contribution in [0.4, 0.5) is 10.5 Å². The Morgan fingerprint density at radius 2 is 1.66 bits per heavy atom. The third kappa shape index (κ3) is 7.61. The normalized spacial score (nSPS) is 12.0. The van der Waals surface area contributed by atoms with Crippen LogP contribution in [0.25, 0.3) is 0 Å². The summed E-state index contributed by atoms with van der Waals surface area (Å²) in [5.41, 5.74) is 0.653. The topological polar surface area (TPSA) is 108 Å². The molecule has 1 atom stereocenters. The maximum atomic E-state index is 12.5. The van der Waals surface area contributed by atoms with E-state index in [4.69, 9.17) is 9.47 Å². The summed E-state index contributed by atoms with van der Waals surface area (Å²) in [6, 6.07) is 13.9. The van der Waals surface area contributed by atoms with Crippen molar-refractivity contribution in [3.8, 4) is 0 Å². The van der Waals surface area contributed by atoms with Crippen molar-refractivity contribution in [1.82, 2.24) is 5.32 Å². The molecule has 0 aliphatic heterocycles. The number of ether oxygens (including phenoxy) is 2. The van der Waals surface area contributed by atoms with Gasteiger partial charge in [0, 0.05) is 18.6 Å². The van der Waals surface area contributed by atoms with Crippen molar-refractivity contribution in [1.29, 1.82) is 0 Å². The molecule has 2 aromatic carbocycles. The Morgan fingerprint density at radius 1 is 1.03 bits per heavy atom. The van der Waals surface area contributed by atoms with Crippen molar-refractivity contribution in [2.24, 2.45) is 0 Å². The smallest absolute Gasteiger partial charge is 0.408 e. The second kappa shape index (κ2) is 9.68. The fourth-order valence-electron chi connectivity index (χ4n) is 2.46. The van der Waals surface area contributed by atoms with Crippen LogP contribution in [-0.2, 0) is 27.3 Å². The predicted octanol–water partition coefficient (Wildman–Crippen LogP) is 3.77. The van der Waals surface area contributed by atoms with Gasteiger partial charge >= 0.3 is 12.1 Å². The van der Waals surface area contributed by atoms with Crippen LogP contribution < -0.4 is 5.32 Å². The Hall–Kier alpha value is -3.42. The highest BCUT2D eigenvalue weighted by Crippen LogP contribution is 2.15. The zero-order valence-electron chi connectivity index (χ0n) is 16.6. The van der Waals surface area contributed by atoms with Gasteiger partial charge in [-0.1, -0.05) is 42.5 Å². The highest BCUT2D eigenvalue weighted by Gasteiger charge is 2.27. The molecule has 0 aliphatic carbocycles. The number of rotatable bonds is 7. The van der Waals surface area contributed by atoms with Gasteiger partial charge < -0.3 is 14.8 Å². The molecule has 8 nitrogen and oxygen atoms in total. The lowest BCUT2D eigenvalue weighted by atomic mass is 10.1. The van der Waals surface area contributed by atoms with E-state index in [0.717, 1.165) is 5.56 Å². The molecule has 8 heteroatoms. The molecule has 2 aromatic rings. The van der Waals surface area contributed by atoms with Gasteiger partial charge in [0.25, 0.3) is 5.69 Å².